The summed E-state index contributed by atoms with van der Waals surface area (Å²) in [6.07, 6.45) is 0.619. The molecule has 4 aromatic rings. The van der Waals surface area contributed by atoms with Crippen molar-refractivity contribution in [1.82, 2.24) is 9.29 Å². The number of aromatic nitrogens is 1. The van der Waals surface area contributed by atoms with Crippen molar-refractivity contribution in [2.45, 2.75) is 17.9 Å². The molecule has 0 radical (unpaired) electrons. The Bertz CT molecular complexity index is 1300. The summed E-state index contributed by atoms with van der Waals surface area (Å²) in [5, 5.41) is 0.679. The van der Waals surface area contributed by atoms with Crippen molar-refractivity contribution >= 4 is 20.9 Å². The quantitative estimate of drug-likeness (QED) is 0.494. The molecule has 1 heterocycles. The Labute approximate surface area is 175 Å². The summed E-state index contributed by atoms with van der Waals surface area (Å²) in [6.45, 7) is 0.657. The first-order valence-electron chi connectivity index (χ1n) is 9.73. The first-order valence-corrected chi connectivity index (χ1v) is 11.2. The second-order valence-electron chi connectivity index (χ2n) is 7.13. The van der Waals surface area contributed by atoms with Gasteiger partial charge in [0.2, 0.25) is 15.6 Å². The fraction of sp³-hybridized carbons (Fsp3) is 0.125. The SMILES string of the molecule is O=c1ccc2cc(S(=O)(=O)N(CCc3ccccc3)Cc3ccccc3)ccc2[nH]1. The molecule has 0 aliphatic rings. The molecule has 0 aliphatic heterocycles. The number of benzene rings is 3. The fourth-order valence-corrected chi connectivity index (χ4v) is 4.88. The lowest BCUT2D eigenvalue weighted by atomic mass is 10.1. The van der Waals surface area contributed by atoms with Crippen molar-refractivity contribution < 1.29 is 8.42 Å². The van der Waals surface area contributed by atoms with Crippen LogP contribution in [-0.2, 0) is 23.0 Å². The molecule has 0 amide bonds. The third-order valence-corrected chi connectivity index (χ3v) is 6.87. The van der Waals surface area contributed by atoms with Crippen molar-refractivity contribution in [1.29, 1.82) is 0 Å². The van der Waals surface area contributed by atoms with Crippen LogP contribution in [-0.4, -0.2) is 24.3 Å². The summed E-state index contributed by atoms with van der Waals surface area (Å²) in [6, 6.07) is 27.3. The lowest BCUT2D eigenvalue weighted by Crippen LogP contribution is -2.32. The van der Waals surface area contributed by atoms with E-state index < -0.39 is 10.0 Å². The number of fused-ring (bicyclic) bond motifs is 1. The van der Waals surface area contributed by atoms with Gasteiger partial charge in [0.15, 0.2) is 0 Å². The second kappa shape index (κ2) is 8.65. The van der Waals surface area contributed by atoms with E-state index in [1.54, 1.807) is 24.3 Å². The molecule has 0 spiro atoms. The predicted octanol–water partition coefficient (Wildman–Crippen LogP) is 3.96. The van der Waals surface area contributed by atoms with Crippen LogP contribution in [0.5, 0.6) is 0 Å². The summed E-state index contributed by atoms with van der Waals surface area (Å²) >= 11 is 0. The van der Waals surface area contributed by atoms with Crippen molar-refractivity contribution in [3.8, 4) is 0 Å². The highest BCUT2D eigenvalue weighted by molar-refractivity contribution is 7.89. The number of nitrogens with zero attached hydrogens (tertiary/aromatic N) is 1. The molecule has 0 unspecified atom stereocenters. The van der Waals surface area contributed by atoms with E-state index in [1.807, 2.05) is 60.7 Å². The number of sulfonamides is 1. The summed E-state index contributed by atoms with van der Waals surface area (Å²) in [5.41, 5.74) is 2.41. The maximum Gasteiger partial charge on any atom is 0.248 e. The molecule has 3 aromatic carbocycles. The summed E-state index contributed by atoms with van der Waals surface area (Å²) in [7, 11) is -3.73. The Morgan fingerprint density at radius 1 is 0.767 bits per heavy atom. The number of nitrogens with one attached hydrogen (secondary N) is 1. The Hall–Kier alpha value is -3.22. The first kappa shape index (κ1) is 20.1. The van der Waals surface area contributed by atoms with Crippen LogP contribution in [0.25, 0.3) is 10.9 Å². The molecule has 0 saturated heterocycles. The first-order chi connectivity index (χ1) is 14.5. The third-order valence-electron chi connectivity index (χ3n) is 5.03. The van der Waals surface area contributed by atoms with Crippen LogP contribution in [0.15, 0.2) is 101 Å². The van der Waals surface area contributed by atoms with Gasteiger partial charge in [0.1, 0.15) is 0 Å². The van der Waals surface area contributed by atoms with E-state index in [9.17, 15) is 13.2 Å². The predicted molar refractivity (Wildman–Crippen MR) is 119 cm³/mol. The van der Waals surface area contributed by atoms with Gasteiger partial charge in [-0.15, -0.1) is 0 Å². The highest BCUT2D eigenvalue weighted by Crippen LogP contribution is 2.22. The Morgan fingerprint density at radius 3 is 2.13 bits per heavy atom. The van der Waals surface area contributed by atoms with E-state index in [4.69, 9.17) is 0 Å². The third kappa shape index (κ3) is 4.50. The number of pyridine rings is 1. The molecule has 152 valence electrons. The van der Waals surface area contributed by atoms with E-state index in [0.29, 0.717) is 30.4 Å². The zero-order chi connectivity index (χ0) is 21.0. The smallest absolute Gasteiger partial charge is 0.248 e. The van der Waals surface area contributed by atoms with Gasteiger partial charge < -0.3 is 4.98 Å². The number of hydrogen-bond donors (Lipinski definition) is 1. The molecule has 1 aromatic heterocycles. The van der Waals surface area contributed by atoms with Gasteiger partial charge in [0.05, 0.1) is 4.90 Å². The molecular formula is C24H22N2O3S. The molecule has 4 rings (SSSR count). The van der Waals surface area contributed by atoms with Gasteiger partial charge in [0.25, 0.3) is 0 Å². The van der Waals surface area contributed by atoms with E-state index in [1.165, 1.54) is 10.4 Å². The largest absolute Gasteiger partial charge is 0.322 e. The van der Waals surface area contributed by atoms with Crippen molar-refractivity contribution in [2.75, 3.05) is 6.54 Å². The lowest BCUT2D eigenvalue weighted by Gasteiger charge is -2.23. The maximum atomic E-state index is 13.5. The van der Waals surface area contributed by atoms with E-state index in [-0.39, 0.29) is 10.5 Å². The lowest BCUT2D eigenvalue weighted by molar-refractivity contribution is 0.409. The van der Waals surface area contributed by atoms with Crippen LogP contribution in [0, 0.1) is 0 Å². The van der Waals surface area contributed by atoms with Gasteiger partial charge in [-0.2, -0.15) is 4.31 Å². The van der Waals surface area contributed by atoms with Crippen LogP contribution in [0.4, 0.5) is 0 Å². The van der Waals surface area contributed by atoms with Crippen LogP contribution in [0.2, 0.25) is 0 Å². The van der Waals surface area contributed by atoms with Crippen LogP contribution < -0.4 is 5.56 Å². The topological polar surface area (TPSA) is 70.2 Å². The molecule has 0 bridgehead atoms. The zero-order valence-corrected chi connectivity index (χ0v) is 17.2. The molecule has 0 atom stereocenters. The Balaban J connectivity index is 1.68. The van der Waals surface area contributed by atoms with Crippen LogP contribution in [0.1, 0.15) is 11.1 Å². The van der Waals surface area contributed by atoms with Crippen molar-refractivity contribution in [3.63, 3.8) is 0 Å². The van der Waals surface area contributed by atoms with Gasteiger partial charge in [-0.05, 0) is 47.2 Å². The highest BCUT2D eigenvalue weighted by atomic mass is 32.2. The Morgan fingerprint density at radius 2 is 1.43 bits per heavy atom. The van der Waals surface area contributed by atoms with Gasteiger partial charge in [-0.25, -0.2) is 8.42 Å². The number of H-pyrrole nitrogens is 1. The van der Waals surface area contributed by atoms with Crippen molar-refractivity contribution in [2.24, 2.45) is 0 Å². The van der Waals surface area contributed by atoms with Gasteiger partial charge >= 0.3 is 0 Å². The standard InChI is InChI=1S/C24H22N2O3S/c27-24-14-11-21-17-22(12-13-23(21)25-24)30(28,29)26(18-20-9-5-2-6-10-20)16-15-19-7-3-1-4-8-19/h1-14,17H,15-16,18H2,(H,25,27). The minimum atomic E-state index is -3.73. The molecule has 5 nitrogen and oxygen atoms in total. The number of aromatic amines is 1. The zero-order valence-electron chi connectivity index (χ0n) is 16.4. The van der Waals surface area contributed by atoms with Crippen LogP contribution >= 0.6 is 0 Å². The molecule has 30 heavy (non-hydrogen) atoms. The molecular weight excluding hydrogens is 396 g/mol. The normalized spacial score (nSPS) is 11.8. The Kier molecular flexibility index (Phi) is 5.79. The van der Waals surface area contributed by atoms with Gasteiger partial charge in [0, 0.05) is 24.7 Å². The molecule has 0 aliphatic carbocycles. The van der Waals surface area contributed by atoms with Crippen LogP contribution in [0.3, 0.4) is 0 Å². The molecule has 1 N–H and O–H groups in total. The van der Waals surface area contributed by atoms with E-state index in [2.05, 4.69) is 4.98 Å². The molecule has 6 heteroatoms. The van der Waals surface area contributed by atoms with E-state index in [0.717, 1.165) is 11.1 Å². The summed E-state index contributed by atoms with van der Waals surface area (Å²) < 4.78 is 28.6. The van der Waals surface area contributed by atoms with Crippen molar-refractivity contribution in [3.05, 3.63) is 112 Å². The minimum absolute atomic E-state index is 0.214. The van der Waals surface area contributed by atoms with Gasteiger partial charge in [-0.3, -0.25) is 4.79 Å². The molecule has 0 saturated carbocycles. The number of rotatable bonds is 7. The minimum Gasteiger partial charge on any atom is -0.322 e. The average molecular weight is 419 g/mol. The van der Waals surface area contributed by atoms with E-state index >= 15 is 0 Å². The summed E-state index contributed by atoms with van der Waals surface area (Å²) in [5.74, 6) is 0. The van der Waals surface area contributed by atoms with Gasteiger partial charge in [-0.1, -0.05) is 60.7 Å². The second-order valence-corrected chi connectivity index (χ2v) is 9.07. The highest BCUT2D eigenvalue weighted by Gasteiger charge is 2.25. The number of hydrogen-bond acceptors (Lipinski definition) is 3. The maximum absolute atomic E-state index is 13.5. The summed E-state index contributed by atoms with van der Waals surface area (Å²) in [4.78, 5) is 14.4. The fourth-order valence-electron chi connectivity index (χ4n) is 3.41. The molecule has 0 fully saturated rings. The average Bonchev–Trinajstić information content (AvgIpc) is 2.77. The monoisotopic (exact) mass is 418 g/mol.